The van der Waals surface area contributed by atoms with Crippen molar-refractivity contribution in [3.05, 3.63) is 0 Å². The number of unbranched alkanes of at least 4 members (excludes halogenated alkanes) is 3. The zero-order chi connectivity index (χ0) is 15.4. The Morgan fingerprint density at radius 1 is 0.400 bits per heavy atom. The lowest BCUT2D eigenvalue weighted by Crippen LogP contribution is -2.23. The monoisotopic (exact) mass is 620 g/mol. The predicted molar refractivity (Wildman–Crippen MR) is 136 cm³/mol. The summed E-state index contributed by atoms with van der Waals surface area (Å²) in [6, 6.07) is 0. The molecule has 4 N–H and O–H groups in total. The fraction of sp³-hybridized carbons (Fsp3) is 1.00. The Kier molecular flexibility index (Phi) is 55.0. The van der Waals surface area contributed by atoms with Gasteiger partial charge in [0.15, 0.2) is 0 Å². The summed E-state index contributed by atoms with van der Waals surface area (Å²) >= 11 is 0. The number of nitrogens with one attached hydrogen (secondary N) is 4. The van der Waals surface area contributed by atoms with Crippen LogP contribution in [-0.4, -0.2) is 52.4 Å². The second kappa shape index (κ2) is 36.6. The highest BCUT2D eigenvalue weighted by Gasteiger charge is 1.92. The first-order valence-electron chi connectivity index (χ1n) is 9.24. The quantitative estimate of drug-likeness (QED) is 0.171. The van der Waals surface area contributed by atoms with Gasteiger partial charge in [-0.25, -0.2) is 0 Å². The molecule has 0 saturated heterocycles. The summed E-state index contributed by atoms with van der Waals surface area (Å²) in [5, 5.41) is 13.9. The molecule has 0 aromatic rings. The standard InChI is InChI=1S/C17H40N4.4BrH/c1-3-5-11-19-12-6-7-13-20-14-8-9-15-21-17-10-16-18-4-2;;;;/h18-21H,3-17H2,1-2H3;4*1H. The van der Waals surface area contributed by atoms with E-state index in [1.807, 2.05) is 0 Å². The van der Waals surface area contributed by atoms with Crippen LogP contribution >= 0.6 is 67.9 Å². The SMILES string of the molecule is Br.Br.Br.Br.CCCCNCCCCNCCCCNCCCNCC. The highest BCUT2D eigenvalue weighted by atomic mass is 79.9. The molecule has 0 aromatic heterocycles. The van der Waals surface area contributed by atoms with Crippen LogP contribution in [-0.2, 0) is 0 Å². The van der Waals surface area contributed by atoms with Crippen molar-refractivity contribution in [3.63, 3.8) is 0 Å². The van der Waals surface area contributed by atoms with Crippen LogP contribution in [0, 0.1) is 0 Å². The summed E-state index contributed by atoms with van der Waals surface area (Å²) in [5.41, 5.74) is 0. The molecule has 0 saturated carbocycles. The fourth-order valence-corrected chi connectivity index (χ4v) is 2.19. The van der Waals surface area contributed by atoms with Crippen molar-refractivity contribution in [1.82, 2.24) is 21.3 Å². The van der Waals surface area contributed by atoms with E-state index >= 15 is 0 Å². The van der Waals surface area contributed by atoms with Crippen molar-refractivity contribution in [2.45, 2.75) is 58.8 Å². The van der Waals surface area contributed by atoms with E-state index in [2.05, 4.69) is 35.1 Å². The van der Waals surface area contributed by atoms with Gasteiger partial charge in [-0.2, -0.15) is 0 Å². The highest BCUT2D eigenvalue weighted by Crippen LogP contribution is 1.89. The average molecular weight is 624 g/mol. The van der Waals surface area contributed by atoms with Crippen LogP contribution in [0.25, 0.3) is 0 Å². The maximum absolute atomic E-state index is 3.54. The predicted octanol–water partition coefficient (Wildman–Crippen LogP) is 4.43. The lowest BCUT2D eigenvalue weighted by molar-refractivity contribution is 0.543. The van der Waals surface area contributed by atoms with Crippen molar-refractivity contribution in [2.75, 3.05) is 52.4 Å². The first-order chi connectivity index (χ1) is 10.4. The summed E-state index contributed by atoms with van der Waals surface area (Å²) in [5.74, 6) is 0. The lowest BCUT2D eigenvalue weighted by atomic mass is 10.2. The Morgan fingerprint density at radius 3 is 1.08 bits per heavy atom. The van der Waals surface area contributed by atoms with Gasteiger partial charge in [0.25, 0.3) is 0 Å². The van der Waals surface area contributed by atoms with Gasteiger partial charge in [-0.05, 0) is 90.9 Å². The topological polar surface area (TPSA) is 48.1 Å². The summed E-state index contributed by atoms with van der Waals surface area (Å²) < 4.78 is 0. The molecule has 0 unspecified atom stereocenters. The second-order valence-corrected chi connectivity index (χ2v) is 5.72. The molecule has 4 nitrogen and oxygen atoms in total. The Hall–Kier alpha value is 1.76. The van der Waals surface area contributed by atoms with Crippen LogP contribution in [0.15, 0.2) is 0 Å². The maximum Gasteiger partial charge on any atom is -0.00368 e. The molecule has 0 radical (unpaired) electrons. The first kappa shape index (κ1) is 37.5. The van der Waals surface area contributed by atoms with Crippen molar-refractivity contribution < 1.29 is 0 Å². The molecule has 0 heterocycles. The molecule has 0 rings (SSSR count). The summed E-state index contributed by atoms with van der Waals surface area (Å²) in [6.07, 6.45) is 8.99. The minimum atomic E-state index is 0. The fourth-order valence-electron chi connectivity index (χ4n) is 2.19. The van der Waals surface area contributed by atoms with Gasteiger partial charge in [0, 0.05) is 0 Å². The molecule has 0 spiro atoms. The third kappa shape index (κ3) is 37.2. The number of halogens is 4. The normalized spacial score (nSPS) is 9.36. The van der Waals surface area contributed by atoms with Crippen LogP contribution in [0.4, 0.5) is 0 Å². The van der Waals surface area contributed by atoms with Crippen molar-refractivity contribution in [3.8, 4) is 0 Å². The van der Waals surface area contributed by atoms with Crippen molar-refractivity contribution >= 4 is 67.9 Å². The van der Waals surface area contributed by atoms with E-state index in [-0.39, 0.29) is 67.9 Å². The molecule has 0 amide bonds. The average Bonchev–Trinajstić information content (AvgIpc) is 2.50. The van der Waals surface area contributed by atoms with Gasteiger partial charge >= 0.3 is 0 Å². The van der Waals surface area contributed by atoms with E-state index in [0.29, 0.717) is 0 Å². The summed E-state index contributed by atoms with van der Waals surface area (Å²) in [4.78, 5) is 0. The van der Waals surface area contributed by atoms with Gasteiger partial charge in [-0.1, -0.05) is 20.3 Å². The molecule has 0 aromatic carbocycles. The van der Waals surface area contributed by atoms with Gasteiger partial charge in [-0.3, -0.25) is 0 Å². The third-order valence-corrected chi connectivity index (χ3v) is 3.58. The highest BCUT2D eigenvalue weighted by molar-refractivity contribution is 8.93. The molecule has 8 heteroatoms. The van der Waals surface area contributed by atoms with Gasteiger partial charge < -0.3 is 21.3 Å². The number of hydrogen-bond acceptors (Lipinski definition) is 4. The molecular weight excluding hydrogens is 580 g/mol. The maximum atomic E-state index is 3.54. The van der Waals surface area contributed by atoms with E-state index in [9.17, 15) is 0 Å². The first-order valence-corrected chi connectivity index (χ1v) is 9.24. The van der Waals surface area contributed by atoms with Crippen molar-refractivity contribution in [2.24, 2.45) is 0 Å². The van der Waals surface area contributed by atoms with Gasteiger partial charge in [-0.15, -0.1) is 67.9 Å². The molecule has 25 heavy (non-hydrogen) atoms. The lowest BCUT2D eigenvalue weighted by Gasteiger charge is -2.07. The molecule has 0 bridgehead atoms. The largest absolute Gasteiger partial charge is 0.317 e. The third-order valence-electron chi connectivity index (χ3n) is 3.58. The van der Waals surface area contributed by atoms with E-state index in [1.54, 1.807) is 0 Å². The summed E-state index contributed by atoms with van der Waals surface area (Å²) in [7, 11) is 0. The Bertz CT molecular complexity index is 174. The van der Waals surface area contributed by atoms with Crippen molar-refractivity contribution in [1.29, 1.82) is 0 Å². The van der Waals surface area contributed by atoms with E-state index in [1.165, 1.54) is 71.1 Å². The minimum Gasteiger partial charge on any atom is -0.317 e. The molecule has 0 atom stereocenters. The number of hydrogen-bond donors (Lipinski definition) is 4. The van der Waals surface area contributed by atoms with Crippen LogP contribution in [0.3, 0.4) is 0 Å². The van der Waals surface area contributed by atoms with Gasteiger partial charge in [0.05, 0.1) is 0 Å². The van der Waals surface area contributed by atoms with Gasteiger partial charge in [0.2, 0.25) is 0 Å². The molecular formula is C17H44Br4N4. The van der Waals surface area contributed by atoms with Crippen LogP contribution in [0.5, 0.6) is 0 Å². The zero-order valence-corrected chi connectivity index (χ0v) is 23.1. The minimum absolute atomic E-state index is 0. The van der Waals surface area contributed by atoms with Gasteiger partial charge in [0.1, 0.15) is 0 Å². The zero-order valence-electron chi connectivity index (χ0n) is 16.2. The molecule has 0 aliphatic heterocycles. The molecule has 160 valence electrons. The van der Waals surface area contributed by atoms with E-state index in [4.69, 9.17) is 0 Å². The molecule has 0 aliphatic rings. The van der Waals surface area contributed by atoms with E-state index < -0.39 is 0 Å². The van der Waals surface area contributed by atoms with Crippen LogP contribution in [0.2, 0.25) is 0 Å². The smallest absolute Gasteiger partial charge is 0.00368 e. The molecule has 0 fully saturated rings. The van der Waals surface area contributed by atoms with Crippen LogP contribution < -0.4 is 21.3 Å². The Morgan fingerprint density at radius 2 is 0.720 bits per heavy atom. The Balaban J connectivity index is -0.000000333. The Labute approximate surface area is 199 Å². The molecule has 0 aliphatic carbocycles. The summed E-state index contributed by atoms with van der Waals surface area (Å²) in [6.45, 7) is 13.6. The van der Waals surface area contributed by atoms with E-state index in [0.717, 1.165) is 26.2 Å². The van der Waals surface area contributed by atoms with Crippen LogP contribution in [0.1, 0.15) is 58.8 Å². The second-order valence-electron chi connectivity index (χ2n) is 5.72. The number of rotatable bonds is 18.